The van der Waals surface area contributed by atoms with Gasteiger partial charge >= 0.3 is 0 Å². The van der Waals surface area contributed by atoms with Gasteiger partial charge in [-0.2, -0.15) is 0 Å². The summed E-state index contributed by atoms with van der Waals surface area (Å²) in [5, 5.41) is 13.4. The molecule has 1 aromatic heterocycles. The molecule has 0 aliphatic carbocycles. The molecule has 0 aliphatic heterocycles. The first-order valence-electron chi connectivity index (χ1n) is 5.82. The van der Waals surface area contributed by atoms with Gasteiger partial charge in [0, 0.05) is 20.5 Å². The number of thiophene rings is 1. The van der Waals surface area contributed by atoms with Crippen LogP contribution in [0.4, 0.5) is 0 Å². The molecule has 0 aliphatic rings. The number of rotatable bonds is 5. The van der Waals surface area contributed by atoms with Crippen LogP contribution in [0.3, 0.4) is 0 Å². The van der Waals surface area contributed by atoms with E-state index in [0.717, 1.165) is 18.4 Å². The zero-order valence-electron chi connectivity index (χ0n) is 9.77. The molecule has 0 fully saturated rings. The average Bonchev–Trinajstić information content (AvgIpc) is 2.85. The molecule has 1 atom stereocenters. The third-order valence-corrected chi connectivity index (χ3v) is 4.31. The van der Waals surface area contributed by atoms with Crippen molar-refractivity contribution >= 4 is 34.5 Å². The van der Waals surface area contributed by atoms with Crippen molar-refractivity contribution in [2.24, 2.45) is 0 Å². The maximum Gasteiger partial charge on any atom is 0.0805 e. The van der Waals surface area contributed by atoms with Crippen LogP contribution in [0.1, 0.15) is 29.4 Å². The molecule has 0 amide bonds. The van der Waals surface area contributed by atoms with Crippen LogP contribution < -0.4 is 0 Å². The van der Waals surface area contributed by atoms with E-state index in [1.807, 2.05) is 6.07 Å². The lowest BCUT2D eigenvalue weighted by Gasteiger charge is -2.12. The van der Waals surface area contributed by atoms with E-state index < -0.39 is 6.10 Å². The molecule has 0 saturated heterocycles. The molecule has 0 saturated carbocycles. The van der Waals surface area contributed by atoms with Crippen LogP contribution >= 0.6 is 34.5 Å². The number of halogens is 2. The summed E-state index contributed by atoms with van der Waals surface area (Å²) in [6, 6.07) is 9.35. The maximum absolute atomic E-state index is 10.1. The second kappa shape index (κ2) is 6.58. The minimum Gasteiger partial charge on any atom is -0.388 e. The number of hydrogen-bond acceptors (Lipinski definition) is 2. The van der Waals surface area contributed by atoms with Gasteiger partial charge in [-0.15, -0.1) is 11.3 Å². The highest BCUT2D eigenvalue weighted by Crippen LogP contribution is 2.29. The predicted molar refractivity (Wildman–Crippen MR) is 78.7 cm³/mol. The highest BCUT2D eigenvalue weighted by Gasteiger charge is 2.12. The lowest BCUT2D eigenvalue weighted by molar-refractivity contribution is 0.165. The van der Waals surface area contributed by atoms with Crippen molar-refractivity contribution in [1.82, 2.24) is 0 Å². The number of aliphatic hydroxyl groups excluding tert-OH is 1. The summed E-state index contributed by atoms with van der Waals surface area (Å²) in [6.45, 7) is 0. The van der Waals surface area contributed by atoms with Gasteiger partial charge < -0.3 is 5.11 Å². The van der Waals surface area contributed by atoms with Gasteiger partial charge in [0.25, 0.3) is 0 Å². The van der Waals surface area contributed by atoms with Gasteiger partial charge in [-0.05, 0) is 48.9 Å². The molecule has 2 aromatic rings. The lowest BCUT2D eigenvalue weighted by atomic mass is 10.0. The average molecular weight is 301 g/mol. The normalized spacial score (nSPS) is 12.6. The van der Waals surface area contributed by atoms with Gasteiger partial charge in [-0.25, -0.2) is 0 Å². The molecule has 0 radical (unpaired) electrons. The molecule has 0 spiro atoms. The molecule has 1 aromatic carbocycles. The molecule has 1 heterocycles. The monoisotopic (exact) mass is 300 g/mol. The van der Waals surface area contributed by atoms with Crippen LogP contribution in [0.15, 0.2) is 35.7 Å². The zero-order chi connectivity index (χ0) is 13.0. The van der Waals surface area contributed by atoms with Gasteiger partial charge in [-0.1, -0.05) is 29.3 Å². The first-order valence-corrected chi connectivity index (χ1v) is 7.46. The van der Waals surface area contributed by atoms with E-state index in [4.69, 9.17) is 23.2 Å². The van der Waals surface area contributed by atoms with Crippen molar-refractivity contribution in [3.05, 3.63) is 56.2 Å². The van der Waals surface area contributed by atoms with E-state index >= 15 is 0 Å². The fourth-order valence-corrected chi connectivity index (χ4v) is 3.03. The molecule has 0 bridgehead atoms. The Kier molecular flexibility index (Phi) is 5.07. The van der Waals surface area contributed by atoms with Crippen LogP contribution in [0, 0.1) is 0 Å². The summed E-state index contributed by atoms with van der Waals surface area (Å²) in [6.07, 6.45) is 2.08. The Hall–Kier alpha value is -0.540. The van der Waals surface area contributed by atoms with Crippen molar-refractivity contribution in [3.8, 4) is 0 Å². The Labute approximate surface area is 121 Å². The van der Waals surface area contributed by atoms with Gasteiger partial charge in [0.05, 0.1) is 6.10 Å². The van der Waals surface area contributed by atoms with Gasteiger partial charge in [0.2, 0.25) is 0 Å². The first-order chi connectivity index (χ1) is 8.66. The van der Waals surface area contributed by atoms with Crippen molar-refractivity contribution in [2.45, 2.75) is 25.4 Å². The largest absolute Gasteiger partial charge is 0.388 e. The topological polar surface area (TPSA) is 20.2 Å². The molecular weight excluding hydrogens is 287 g/mol. The fourth-order valence-electron chi connectivity index (χ4n) is 1.85. The summed E-state index contributed by atoms with van der Waals surface area (Å²) in [7, 11) is 0. The zero-order valence-corrected chi connectivity index (χ0v) is 12.1. The third kappa shape index (κ3) is 3.72. The smallest absolute Gasteiger partial charge is 0.0805 e. The first kappa shape index (κ1) is 13.9. The van der Waals surface area contributed by atoms with Crippen LogP contribution in [-0.4, -0.2) is 5.11 Å². The van der Waals surface area contributed by atoms with E-state index in [0.29, 0.717) is 16.5 Å². The Balaban J connectivity index is 1.91. The van der Waals surface area contributed by atoms with Crippen LogP contribution in [0.2, 0.25) is 10.0 Å². The standard InChI is InChI=1S/C14H14Cl2OS/c15-10-6-7-13(16)12(9-10)14(17)5-1-3-11-4-2-8-18-11/h2,4,6-9,14,17H,1,3,5H2. The summed E-state index contributed by atoms with van der Waals surface area (Å²) < 4.78 is 0. The van der Waals surface area contributed by atoms with Gasteiger partial charge in [0.1, 0.15) is 0 Å². The minimum atomic E-state index is -0.545. The number of benzene rings is 1. The second-order valence-corrected chi connectivity index (χ2v) is 6.03. The SMILES string of the molecule is OC(CCCc1cccs1)c1cc(Cl)ccc1Cl. The molecule has 18 heavy (non-hydrogen) atoms. The summed E-state index contributed by atoms with van der Waals surface area (Å²) in [4.78, 5) is 1.35. The molecule has 1 unspecified atom stereocenters. The Morgan fingerprint density at radius 2 is 2.06 bits per heavy atom. The quantitative estimate of drug-likeness (QED) is 0.813. The van der Waals surface area contributed by atoms with Crippen molar-refractivity contribution in [3.63, 3.8) is 0 Å². The van der Waals surface area contributed by atoms with Gasteiger partial charge in [-0.3, -0.25) is 0 Å². The summed E-state index contributed by atoms with van der Waals surface area (Å²) in [5.74, 6) is 0. The molecule has 4 heteroatoms. The van der Waals surface area contributed by atoms with Crippen LogP contribution in [0.5, 0.6) is 0 Å². The van der Waals surface area contributed by atoms with E-state index in [1.165, 1.54) is 4.88 Å². The van der Waals surface area contributed by atoms with Crippen LogP contribution in [-0.2, 0) is 6.42 Å². The van der Waals surface area contributed by atoms with E-state index in [-0.39, 0.29) is 0 Å². The number of aliphatic hydroxyl groups is 1. The Morgan fingerprint density at radius 3 is 2.78 bits per heavy atom. The minimum absolute atomic E-state index is 0.545. The highest BCUT2D eigenvalue weighted by molar-refractivity contribution is 7.09. The Morgan fingerprint density at radius 1 is 1.22 bits per heavy atom. The second-order valence-electron chi connectivity index (χ2n) is 4.15. The number of hydrogen-bond donors (Lipinski definition) is 1. The Bertz CT molecular complexity index is 497. The van der Waals surface area contributed by atoms with Crippen LogP contribution in [0.25, 0.3) is 0 Å². The summed E-state index contributed by atoms with van der Waals surface area (Å²) in [5.41, 5.74) is 0.718. The van der Waals surface area contributed by atoms with E-state index in [1.54, 1.807) is 29.5 Å². The summed E-state index contributed by atoms with van der Waals surface area (Å²) >= 11 is 13.7. The van der Waals surface area contributed by atoms with Crippen molar-refractivity contribution < 1.29 is 5.11 Å². The molecule has 96 valence electrons. The number of aryl methyl sites for hydroxylation is 1. The highest BCUT2D eigenvalue weighted by atomic mass is 35.5. The third-order valence-electron chi connectivity index (χ3n) is 2.80. The molecular formula is C14H14Cl2OS. The van der Waals surface area contributed by atoms with E-state index in [9.17, 15) is 5.11 Å². The predicted octanol–water partition coefficient (Wildman–Crippen LogP) is 5.11. The molecule has 1 nitrogen and oxygen atoms in total. The van der Waals surface area contributed by atoms with Gasteiger partial charge in [0.15, 0.2) is 0 Å². The fraction of sp³-hybridized carbons (Fsp3) is 0.286. The van der Waals surface area contributed by atoms with E-state index in [2.05, 4.69) is 11.4 Å². The van der Waals surface area contributed by atoms with Crippen molar-refractivity contribution in [1.29, 1.82) is 0 Å². The lowest BCUT2D eigenvalue weighted by Crippen LogP contribution is -1.99. The maximum atomic E-state index is 10.1. The molecule has 2 rings (SSSR count). The molecule has 1 N–H and O–H groups in total. The van der Waals surface area contributed by atoms with Crippen molar-refractivity contribution in [2.75, 3.05) is 0 Å².